The van der Waals surface area contributed by atoms with Crippen molar-refractivity contribution in [1.82, 2.24) is 9.78 Å². The lowest BCUT2D eigenvalue weighted by Gasteiger charge is -2.11. The Labute approximate surface area is 142 Å². The third-order valence-corrected chi connectivity index (χ3v) is 3.61. The molecule has 6 nitrogen and oxygen atoms in total. The van der Waals surface area contributed by atoms with Gasteiger partial charge < -0.3 is 14.8 Å². The highest BCUT2D eigenvalue weighted by atomic mass is 16.5. The maximum Gasteiger partial charge on any atom is 0.225 e. The Kier molecular flexibility index (Phi) is 6.23. The number of anilines is 1. The summed E-state index contributed by atoms with van der Waals surface area (Å²) in [6.45, 7) is 5.01. The van der Waals surface area contributed by atoms with E-state index in [4.69, 9.17) is 9.47 Å². The van der Waals surface area contributed by atoms with Crippen LogP contribution in [-0.4, -0.2) is 29.9 Å². The van der Waals surface area contributed by atoms with Gasteiger partial charge in [-0.15, -0.1) is 0 Å². The Morgan fingerprint density at radius 3 is 2.62 bits per heavy atom. The first-order chi connectivity index (χ1) is 11.5. The summed E-state index contributed by atoms with van der Waals surface area (Å²) in [5, 5.41) is 7.16. The summed E-state index contributed by atoms with van der Waals surface area (Å²) in [6.07, 6.45) is 2.72. The summed E-state index contributed by atoms with van der Waals surface area (Å²) in [4.78, 5) is 12.2. The molecule has 0 aliphatic carbocycles. The third-order valence-electron chi connectivity index (χ3n) is 3.61. The van der Waals surface area contributed by atoms with Crippen molar-refractivity contribution in [3.63, 3.8) is 0 Å². The molecule has 1 heterocycles. The minimum atomic E-state index is -0.0321. The summed E-state index contributed by atoms with van der Waals surface area (Å²) in [7, 11) is 3.20. The number of aryl methyl sites for hydroxylation is 1. The van der Waals surface area contributed by atoms with Gasteiger partial charge in [0, 0.05) is 19.0 Å². The highest BCUT2D eigenvalue weighted by molar-refractivity contribution is 5.89. The number of nitrogens with zero attached hydrogens (tertiary/aromatic N) is 2. The van der Waals surface area contributed by atoms with E-state index >= 15 is 0 Å². The van der Waals surface area contributed by atoms with Gasteiger partial charge in [-0.05, 0) is 30.0 Å². The molecule has 0 radical (unpaired) electrons. The van der Waals surface area contributed by atoms with E-state index in [1.54, 1.807) is 20.4 Å². The van der Waals surface area contributed by atoms with Crippen LogP contribution in [0.2, 0.25) is 0 Å². The van der Waals surface area contributed by atoms with Gasteiger partial charge in [0.2, 0.25) is 5.91 Å². The fourth-order valence-corrected chi connectivity index (χ4v) is 2.43. The quantitative estimate of drug-likeness (QED) is 0.807. The number of benzene rings is 1. The van der Waals surface area contributed by atoms with Crippen molar-refractivity contribution >= 4 is 11.7 Å². The lowest BCUT2D eigenvalue weighted by Crippen LogP contribution is -2.17. The molecule has 1 aromatic carbocycles. The second-order valence-electron chi connectivity index (χ2n) is 6.03. The van der Waals surface area contributed by atoms with Gasteiger partial charge in [-0.3, -0.25) is 4.79 Å². The molecule has 2 rings (SSSR count). The average Bonchev–Trinajstić information content (AvgIpc) is 2.98. The van der Waals surface area contributed by atoms with E-state index in [0.29, 0.717) is 30.3 Å². The smallest absolute Gasteiger partial charge is 0.225 e. The molecular formula is C18H25N3O3. The average molecular weight is 331 g/mol. The van der Waals surface area contributed by atoms with Crippen LogP contribution in [0.25, 0.3) is 0 Å². The number of rotatable bonds is 8. The molecule has 1 aromatic heterocycles. The van der Waals surface area contributed by atoms with Crippen molar-refractivity contribution < 1.29 is 14.3 Å². The fraction of sp³-hybridized carbons (Fsp3) is 0.444. The van der Waals surface area contributed by atoms with Crippen molar-refractivity contribution in [2.45, 2.75) is 33.2 Å². The maximum atomic E-state index is 12.2. The number of ether oxygens (including phenoxy) is 2. The van der Waals surface area contributed by atoms with E-state index in [-0.39, 0.29) is 5.91 Å². The molecule has 0 atom stereocenters. The van der Waals surface area contributed by atoms with Crippen LogP contribution in [0.4, 0.5) is 5.82 Å². The summed E-state index contributed by atoms with van der Waals surface area (Å²) < 4.78 is 12.3. The molecule has 6 heteroatoms. The summed E-state index contributed by atoms with van der Waals surface area (Å²) in [6, 6.07) is 7.51. The number of aromatic nitrogens is 2. The van der Waals surface area contributed by atoms with Crippen molar-refractivity contribution in [3.05, 3.63) is 36.0 Å². The standard InChI is InChI=1S/C18H25N3O3/c1-13(2)12-21-17(9-10-19-21)20-18(22)8-6-14-5-7-15(23-3)16(11-14)24-4/h5,7,9-11,13H,6,8,12H2,1-4H3,(H,20,22). The molecule has 0 unspecified atom stereocenters. The predicted molar refractivity (Wildman–Crippen MR) is 93.6 cm³/mol. The molecule has 0 spiro atoms. The van der Waals surface area contributed by atoms with Crippen molar-refractivity contribution in [3.8, 4) is 11.5 Å². The Hall–Kier alpha value is -2.50. The first-order valence-electron chi connectivity index (χ1n) is 8.06. The van der Waals surface area contributed by atoms with E-state index < -0.39 is 0 Å². The topological polar surface area (TPSA) is 65.4 Å². The Morgan fingerprint density at radius 2 is 1.96 bits per heavy atom. The molecule has 0 saturated carbocycles. The van der Waals surface area contributed by atoms with Gasteiger partial charge in [-0.1, -0.05) is 19.9 Å². The van der Waals surface area contributed by atoms with E-state index in [1.807, 2.05) is 28.9 Å². The van der Waals surface area contributed by atoms with E-state index in [0.717, 1.165) is 17.9 Å². The zero-order chi connectivity index (χ0) is 17.5. The minimum Gasteiger partial charge on any atom is -0.493 e. The van der Waals surface area contributed by atoms with Crippen LogP contribution < -0.4 is 14.8 Å². The lowest BCUT2D eigenvalue weighted by molar-refractivity contribution is -0.116. The summed E-state index contributed by atoms with van der Waals surface area (Å²) in [5.41, 5.74) is 1.03. The molecule has 0 aliphatic heterocycles. The Morgan fingerprint density at radius 1 is 1.21 bits per heavy atom. The Bertz CT molecular complexity index is 680. The third kappa shape index (κ3) is 4.75. The number of hydrogen-bond acceptors (Lipinski definition) is 4. The zero-order valence-corrected chi connectivity index (χ0v) is 14.7. The highest BCUT2D eigenvalue weighted by Crippen LogP contribution is 2.28. The normalized spacial score (nSPS) is 10.7. The number of carbonyl (C=O) groups excluding carboxylic acids is 1. The van der Waals surface area contributed by atoms with Gasteiger partial charge in [0.25, 0.3) is 0 Å². The second kappa shape index (κ2) is 8.38. The van der Waals surface area contributed by atoms with Gasteiger partial charge >= 0.3 is 0 Å². The van der Waals surface area contributed by atoms with E-state index in [1.165, 1.54) is 0 Å². The van der Waals surface area contributed by atoms with Crippen LogP contribution in [0.5, 0.6) is 11.5 Å². The number of methoxy groups -OCH3 is 2. The van der Waals surface area contributed by atoms with Crippen LogP contribution in [0.15, 0.2) is 30.5 Å². The number of hydrogen-bond donors (Lipinski definition) is 1. The monoisotopic (exact) mass is 331 g/mol. The van der Waals surface area contributed by atoms with Gasteiger partial charge in [0.15, 0.2) is 11.5 Å². The van der Waals surface area contributed by atoms with E-state index in [2.05, 4.69) is 24.3 Å². The van der Waals surface area contributed by atoms with Gasteiger partial charge in [0.1, 0.15) is 5.82 Å². The summed E-state index contributed by atoms with van der Waals surface area (Å²) in [5.74, 6) is 2.53. The Balaban J connectivity index is 1.93. The van der Waals surface area contributed by atoms with Crippen LogP contribution >= 0.6 is 0 Å². The number of nitrogens with one attached hydrogen (secondary N) is 1. The van der Waals surface area contributed by atoms with Gasteiger partial charge in [0.05, 0.1) is 20.4 Å². The van der Waals surface area contributed by atoms with E-state index in [9.17, 15) is 4.79 Å². The lowest BCUT2D eigenvalue weighted by atomic mass is 10.1. The molecular weight excluding hydrogens is 306 g/mol. The van der Waals surface area contributed by atoms with Crippen LogP contribution in [0.1, 0.15) is 25.8 Å². The second-order valence-corrected chi connectivity index (χ2v) is 6.03. The van der Waals surface area contributed by atoms with Crippen LogP contribution in [0.3, 0.4) is 0 Å². The van der Waals surface area contributed by atoms with Crippen molar-refractivity contribution in [2.24, 2.45) is 5.92 Å². The highest BCUT2D eigenvalue weighted by Gasteiger charge is 2.10. The SMILES string of the molecule is COc1ccc(CCC(=O)Nc2ccnn2CC(C)C)cc1OC. The molecule has 0 bridgehead atoms. The first-order valence-corrected chi connectivity index (χ1v) is 8.06. The number of amides is 1. The maximum absolute atomic E-state index is 12.2. The number of carbonyl (C=O) groups is 1. The van der Waals surface area contributed by atoms with Crippen molar-refractivity contribution in [2.75, 3.05) is 19.5 Å². The molecule has 1 amide bonds. The molecule has 0 saturated heterocycles. The van der Waals surface area contributed by atoms with Crippen LogP contribution in [0, 0.1) is 5.92 Å². The molecule has 0 fully saturated rings. The molecule has 0 aliphatic rings. The molecule has 24 heavy (non-hydrogen) atoms. The van der Waals surface area contributed by atoms with Crippen LogP contribution in [-0.2, 0) is 17.8 Å². The van der Waals surface area contributed by atoms with Gasteiger partial charge in [-0.2, -0.15) is 5.10 Å². The zero-order valence-electron chi connectivity index (χ0n) is 14.7. The molecule has 1 N–H and O–H groups in total. The minimum absolute atomic E-state index is 0.0321. The molecule has 130 valence electrons. The fourth-order valence-electron chi connectivity index (χ4n) is 2.43. The largest absolute Gasteiger partial charge is 0.493 e. The predicted octanol–water partition coefficient (Wildman–Crippen LogP) is 3.13. The first kappa shape index (κ1) is 17.8. The van der Waals surface area contributed by atoms with Crippen molar-refractivity contribution in [1.29, 1.82) is 0 Å². The van der Waals surface area contributed by atoms with Gasteiger partial charge in [-0.25, -0.2) is 4.68 Å². The summed E-state index contributed by atoms with van der Waals surface area (Å²) >= 11 is 0. The molecule has 2 aromatic rings.